The van der Waals surface area contributed by atoms with E-state index in [1.54, 1.807) is 0 Å². The van der Waals surface area contributed by atoms with Crippen LogP contribution in [0, 0.1) is 0 Å². The normalized spacial score (nSPS) is 16.5. The molecule has 5 heteroatoms. The van der Waals surface area contributed by atoms with Crippen LogP contribution in [-0.4, -0.2) is 51.8 Å². The van der Waals surface area contributed by atoms with Crippen LogP contribution < -0.4 is 10.2 Å². The fourth-order valence-electron chi connectivity index (χ4n) is 2.76. The molecule has 1 N–H and O–H groups in total. The van der Waals surface area contributed by atoms with Crippen molar-refractivity contribution in [2.24, 2.45) is 0 Å². The number of nitrogens with zero attached hydrogens (tertiary/aromatic N) is 2. The van der Waals surface area contributed by atoms with E-state index in [2.05, 4.69) is 44.1 Å². The van der Waals surface area contributed by atoms with Gasteiger partial charge in [0.15, 0.2) is 0 Å². The van der Waals surface area contributed by atoms with Gasteiger partial charge in [-0.1, -0.05) is 12.1 Å². The summed E-state index contributed by atoms with van der Waals surface area (Å²) in [6.45, 7) is 2.75. The van der Waals surface area contributed by atoms with Gasteiger partial charge < -0.3 is 15.0 Å². The molecule has 0 aromatic heterocycles. The molecule has 21 heavy (non-hydrogen) atoms. The molecule has 0 spiro atoms. The molecule has 1 aliphatic rings. The Morgan fingerprint density at radius 3 is 2.43 bits per heavy atom. The zero-order valence-electron chi connectivity index (χ0n) is 13.1. The minimum Gasteiger partial charge on any atom is -0.453 e. The molecule has 0 saturated carbocycles. The summed E-state index contributed by atoms with van der Waals surface area (Å²) >= 11 is 0. The Hall–Kier alpha value is -1.75. The lowest BCUT2D eigenvalue weighted by molar-refractivity contribution is 0.163. The molecule has 0 radical (unpaired) electrons. The van der Waals surface area contributed by atoms with Crippen LogP contribution >= 0.6 is 0 Å². The van der Waals surface area contributed by atoms with E-state index < -0.39 is 0 Å². The number of carbonyl (C=O) groups excluding carboxylic acids is 1. The van der Waals surface area contributed by atoms with Gasteiger partial charge in [-0.3, -0.25) is 4.90 Å². The van der Waals surface area contributed by atoms with Crippen LogP contribution in [-0.2, 0) is 4.74 Å². The Labute approximate surface area is 126 Å². The Balaban J connectivity index is 2.11. The van der Waals surface area contributed by atoms with Crippen LogP contribution in [0.1, 0.15) is 24.4 Å². The molecule has 1 heterocycles. The van der Waals surface area contributed by atoms with Crippen molar-refractivity contribution in [2.75, 3.05) is 45.7 Å². The number of alkyl carbamates (subject to hydrolysis) is 1. The maximum absolute atomic E-state index is 11.3. The molecule has 116 valence electrons. The Bertz CT molecular complexity index is 453. The first-order valence-corrected chi connectivity index (χ1v) is 7.45. The molecule has 0 aliphatic carbocycles. The fraction of sp³-hybridized carbons (Fsp3) is 0.562. The van der Waals surface area contributed by atoms with Crippen LogP contribution in [0.5, 0.6) is 0 Å². The quantitative estimate of drug-likeness (QED) is 0.903. The predicted molar refractivity (Wildman–Crippen MR) is 84.7 cm³/mol. The second-order valence-corrected chi connectivity index (χ2v) is 5.62. The van der Waals surface area contributed by atoms with Crippen molar-refractivity contribution in [3.63, 3.8) is 0 Å². The summed E-state index contributed by atoms with van der Waals surface area (Å²) in [6.07, 6.45) is 2.08. The lowest BCUT2D eigenvalue weighted by atomic mass is 10.0. The van der Waals surface area contributed by atoms with E-state index in [1.807, 2.05) is 14.1 Å². The first-order chi connectivity index (χ1) is 10.1. The molecule has 1 unspecified atom stereocenters. The van der Waals surface area contributed by atoms with Gasteiger partial charge in [-0.2, -0.15) is 0 Å². The van der Waals surface area contributed by atoms with Gasteiger partial charge in [0.2, 0.25) is 0 Å². The van der Waals surface area contributed by atoms with Crippen LogP contribution in [0.25, 0.3) is 0 Å². The number of amides is 1. The van der Waals surface area contributed by atoms with Gasteiger partial charge in [0, 0.05) is 26.3 Å². The topological polar surface area (TPSA) is 44.8 Å². The van der Waals surface area contributed by atoms with Crippen LogP contribution in [0.4, 0.5) is 10.5 Å². The number of ether oxygens (including phenoxy) is 1. The Morgan fingerprint density at radius 1 is 1.29 bits per heavy atom. The number of carbonyl (C=O) groups is 1. The van der Waals surface area contributed by atoms with Crippen molar-refractivity contribution in [1.29, 1.82) is 0 Å². The number of hydrogen-bond acceptors (Lipinski definition) is 4. The molecule has 1 aromatic rings. The summed E-state index contributed by atoms with van der Waals surface area (Å²) in [6, 6.07) is 8.75. The second-order valence-electron chi connectivity index (χ2n) is 5.62. The van der Waals surface area contributed by atoms with Gasteiger partial charge in [0.05, 0.1) is 13.2 Å². The lowest BCUT2D eigenvalue weighted by Gasteiger charge is -2.28. The van der Waals surface area contributed by atoms with E-state index in [0.29, 0.717) is 6.54 Å². The Kier molecular flexibility index (Phi) is 5.44. The average molecular weight is 291 g/mol. The van der Waals surface area contributed by atoms with E-state index >= 15 is 0 Å². The van der Waals surface area contributed by atoms with Gasteiger partial charge in [0.25, 0.3) is 0 Å². The van der Waals surface area contributed by atoms with E-state index in [1.165, 1.54) is 31.2 Å². The Morgan fingerprint density at radius 2 is 1.90 bits per heavy atom. The van der Waals surface area contributed by atoms with Gasteiger partial charge in [0.1, 0.15) is 0 Å². The number of hydrogen-bond donors (Lipinski definition) is 1. The summed E-state index contributed by atoms with van der Waals surface area (Å²) in [5, 5.41) is 2.83. The molecule has 1 fully saturated rings. The highest BCUT2D eigenvalue weighted by Crippen LogP contribution is 2.26. The molecule has 1 saturated heterocycles. The molecule has 0 bridgehead atoms. The highest BCUT2D eigenvalue weighted by atomic mass is 16.5. The largest absolute Gasteiger partial charge is 0.453 e. The summed E-state index contributed by atoms with van der Waals surface area (Å²) in [4.78, 5) is 15.9. The minimum atomic E-state index is -0.371. The molecule has 1 aromatic carbocycles. The molecule has 1 amide bonds. The highest BCUT2D eigenvalue weighted by Gasteiger charge is 2.24. The molecule has 5 nitrogen and oxygen atoms in total. The van der Waals surface area contributed by atoms with Gasteiger partial charge in [-0.25, -0.2) is 4.79 Å². The highest BCUT2D eigenvalue weighted by molar-refractivity contribution is 5.66. The fourth-order valence-corrected chi connectivity index (χ4v) is 2.76. The maximum Gasteiger partial charge on any atom is 0.406 e. The minimum absolute atomic E-state index is 0.211. The van der Waals surface area contributed by atoms with Gasteiger partial charge >= 0.3 is 6.09 Å². The first kappa shape index (κ1) is 15.6. The van der Waals surface area contributed by atoms with Crippen molar-refractivity contribution >= 4 is 11.8 Å². The van der Waals surface area contributed by atoms with Crippen molar-refractivity contribution in [3.05, 3.63) is 29.8 Å². The van der Waals surface area contributed by atoms with Crippen LogP contribution in [0.15, 0.2) is 24.3 Å². The lowest BCUT2D eigenvalue weighted by Crippen LogP contribution is -2.36. The number of methoxy groups -OCH3 is 1. The molecule has 2 rings (SSSR count). The van der Waals surface area contributed by atoms with E-state index in [-0.39, 0.29) is 12.1 Å². The monoisotopic (exact) mass is 291 g/mol. The summed E-state index contributed by atoms with van der Waals surface area (Å²) < 4.78 is 4.67. The van der Waals surface area contributed by atoms with Crippen molar-refractivity contribution < 1.29 is 9.53 Å². The van der Waals surface area contributed by atoms with E-state index in [9.17, 15) is 4.79 Å². The number of nitrogens with one attached hydrogen (secondary N) is 1. The van der Waals surface area contributed by atoms with E-state index in [4.69, 9.17) is 0 Å². The first-order valence-electron chi connectivity index (χ1n) is 7.45. The SMILES string of the molecule is COC(=O)NCC(c1ccc(N(C)C)cc1)N1CCCC1. The third-order valence-corrected chi connectivity index (χ3v) is 4.00. The second kappa shape index (κ2) is 7.31. The maximum atomic E-state index is 11.3. The smallest absolute Gasteiger partial charge is 0.406 e. The van der Waals surface area contributed by atoms with Crippen molar-refractivity contribution in [3.8, 4) is 0 Å². The zero-order chi connectivity index (χ0) is 15.2. The molecular formula is C16H25N3O2. The van der Waals surface area contributed by atoms with Crippen LogP contribution in [0.3, 0.4) is 0 Å². The average Bonchev–Trinajstić information content (AvgIpc) is 3.01. The summed E-state index contributed by atoms with van der Waals surface area (Å²) in [7, 11) is 5.46. The third-order valence-electron chi connectivity index (χ3n) is 4.00. The molecule has 1 aliphatic heterocycles. The van der Waals surface area contributed by atoms with E-state index in [0.717, 1.165) is 13.1 Å². The number of likely N-dealkylation sites (tertiary alicyclic amines) is 1. The van der Waals surface area contributed by atoms with Crippen LogP contribution in [0.2, 0.25) is 0 Å². The zero-order valence-corrected chi connectivity index (χ0v) is 13.1. The number of anilines is 1. The predicted octanol–water partition coefficient (Wildman–Crippen LogP) is 2.25. The van der Waals surface area contributed by atoms with Crippen molar-refractivity contribution in [1.82, 2.24) is 10.2 Å². The third kappa shape index (κ3) is 4.11. The molecule has 1 atom stereocenters. The number of rotatable bonds is 5. The van der Waals surface area contributed by atoms with Gasteiger partial charge in [-0.05, 0) is 43.6 Å². The van der Waals surface area contributed by atoms with Gasteiger partial charge in [-0.15, -0.1) is 0 Å². The number of benzene rings is 1. The summed E-state index contributed by atoms with van der Waals surface area (Å²) in [5.74, 6) is 0. The summed E-state index contributed by atoms with van der Waals surface area (Å²) in [5.41, 5.74) is 2.42. The molecular weight excluding hydrogens is 266 g/mol. The van der Waals surface area contributed by atoms with Crippen molar-refractivity contribution in [2.45, 2.75) is 18.9 Å². The standard InChI is InChI=1S/C16H25N3O2/c1-18(2)14-8-6-13(7-9-14)15(12-17-16(20)21-3)19-10-4-5-11-19/h6-9,15H,4-5,10-12H2,1-3H3,(H,17,20).